The summed E-state index contributed by atoms with van der Waals surface area (Å²) in [6.07, 6.45) is 0.748. The Bertz CT molecular complexity index is 363. The van der Waals surface area contributed by atoms with Crippen LogP contribution in [0.1, 0.15) is 33.3 Å². The molecule has 0 aliphatic rings. The SMILES string of the molecule is CC(C)NC(C)C(C)Cc1ccc(F)c(F)c1. The Labute approximate surface area is 102 Å². The molecule has 3 heteroatoms. The van der Waals surface area contributed by atoms with Gasteiger partial charge < -0.3 is 5.32 Å². The van der Waals surface area contributed by atoms with Gasteiger partial charge in [-0.3, -0.25) is 0 Å². The fourth-order valence-electron chi connectivity index (χ4n) is 1.91. The van der Waals surface area contributed by atoms with Crippen LogP contribution in [0.4, 0.5) is 8.78 Å². The third-order valence-corrected chi connectivity index (χ3v) is 2.99. The van der Waals surface area contributed by atoms with Gasteiger partial charge in [0, 0.05) is 12.1 Å². The van der Waals surface area contributed by atoms with E-state index >= 15 is 0 Å². The molecule has 0 saturated heterocycles. The number of halogens is 2. The first kappa shape index (κ1) is 14.1. The minimum absolute atomic E-state index is 0.350. The highest BCUT2D eigenvalue weighted by Crippen LogP contribution is 2.15. The van der Waals surface area contributed by atoms with Crippen molar-refractivity contribution < 1.29 is 8.78 Å². The van der Waals surface area contributed by atoms with Crippen molar-refractivity contribution in [3.05, 3.63) is 35.4 Å². The molecule has 2 atom stereocenters. The van der Waals surface area contributed by atoms with E-state index in [1.54, 1.807) is 6.07 Å². The molecule has 0 radical (unpaired) electrons. The highest BCUT2D eigenvalue weighted by Gasteiger charge is 2.14. The molecular weight excluding hydrogens is 220 g/mol. The van der Waals surface area contributed by atoms with Crippen LogP contribution in [-0.4, -0.2) is 12.1 Å². The van der Waals surface area contributed by atoms with Gasteiger partial charge in [-0.05, 0) is 37.0 Å². The predicted octanol–water partition coefficient (Wildman–Crippen LogP) is 3.53. The van der Waals surface area contributed by atoms with E-state index in [9.17, 15) is 8.78 Å². The molecule has 0 amide bonds. The summed E-state index contributed by atoms with van der Waals surface area (Å²) in [4.78, 5) is 0. The van der Waals surface area contributed by atoms with Gasteiger partial charge in [0.2, 0.25) is 0 Å². The first-order valence-electron chi connectivity index (χ1n) is 6.10. The lowest BCUT2D eigenvalue weighted by Gasteiger charge is -2.23. The van der Waals surface area contributed by atoms with E-state index in [1.807, 2.05) is 0 Å². The second-order valence-electron chi connectivity index (χ2n) is 5.04. The van der Waals surface area contributed by atoms with Crippen molar-refractivity contribution >= 4 is 0 Å². The highest BCUT2D eigenvalue weighted by molar-refractivity contribution is 5.18. The van der Waals surface area contributed by atoms with E-state index in [4.69, 9.17) is 0 Å². The van der Waals surface area contributed by atoms with Crippen LogP contribution in [0.5, 0.6) is 0 Å². The zero-order chi connectivity index (χ0) is 13.0. The summed E-state index contributed by atoms with van der Waals surface area (Å²) < 4.78 is 25.8. The maximum absolute atomic E-state index is 13.1. The molecule has 96 valence electrons. The summed E-state index contributed by atoms with van der Waals surface area (Å²) in [6.45, 7) is 8.42. The van der Waals surface area contributed by atoms with E-state index in [0.29, 0.717) is 18.0 Å². The summed E-state index contributed by atoms with van der Waals surface area (Å²) in [5.41, 5.74) is 0.841. The topological polar surface area (TPSA) is 12.0 Å². The zero-order valence-electron chi connectivity index (χ0n) is 10.9. The minimum atomic E-state index is -0.783. The molecule has 1 aromatic carbocycles. The summed E-state index contributed by atoms with van der Waals surface area (Å²) >= 11 is 0. The largest absolute Gasteiger partial charge is 0.312 e. The second kappa shape index (κ2) is 6.10. The van der Waals surface area contributed by atoms with Crippen LogP contribution >= 0.6 is 0 Å². The number of rotatable bonds is 5. The Kier molecular flexibility index (Phi) is 5.06. The monoisotopic (exact) mass is 241 g/mol. The van der Waals surface area contributed by atoms with Crippen LogP contribution < -0.4 is 5.32 Å². The second-order valence-corrected chi connectivity index (χ2v) is 5.04. The van der Waals surface area contributed by atoms with Crippen LogP contribution in [0.2, 0.25) is 0 Å². The Morgan fingerprint density at radius 3 is 2.24 bits per heavy atom. The van der Waals surface area contributed by atoms with E-state index in [1.165, 1.54) is 12.1 Å². The molecule has 0 aromatic heterocycles. The van der Waals surface area contributed by atoms with Gasteiger partial charge >= 0.3 is 0 Å². The molecule has 17 heavy (non-hydrogen) atoms. The molecule has 1 N–H and O–H groups in total. The summed E-state index contributed by atoms with van der Waals surface area (Å²) in [5, 5.41) is 3.42. The lowest BCUT2D eigenvalue weighted by Crippen LogP contribution is -2.37. The Balaban J connectivity index is 2.61. The third-order valence-electron chi connectivity index (χ3n) is 2.99. The maximum Gasteiger partial charge on any atom is 0.159 e. The van der Waals surface area contributed by atoms with Gasteiger partial charge in [-0.25, -0.2) is 8.78 Å². The van der Waals surface area contributed by atoms with Crippen molar-refractivity contribution in [1.29, 1.82) is 0 Å². The molecule has 0 heterocycles. The van der Waals surface area contributed by atoms with Gasteiger partial charge in [0.25, 0.3) is 0 Å². The van der Waals surface area contributed by atoms with Crippen LogP contribution in [0.25, 0.3) is 0 Å². The molecule has 2 unspecified atom stereocenters. The summed E-state index contributed by atoms with van der Waals surface area (Å²) in [6, 6.07) is 4.91. The number of hydrogen-bond donors (Lipinski definition) is 1. The Morgan fingerprint density at radius 2 is 1.71 bits per heavy atom. The van der Waals surface area contributed by atoms with Gasteiger partial charge in [0.15, 0.2) is 11.6 Å². The molecule has 1 rings (SSSR count). The van der Waals surface area contributed by atoms with Crippen molar-refractivity contribution in [2.24, 2.45) is 5.92 Å². The molecule has 0 aliphatic carbocycles. The molecule has 1 aromatic rings. The molecular formula is C14H21F2N. The first-order chi connectivity index (χ1) is 7.90. The van der Waals surface area contributed by atoms with Gasteiger partial charge in [0.05, 0.1) is 0 Å². The molecule has 0 spiro atoms. The molecule has 1 nitrogen and oxygen atoms in total. The van der Waals surface area contributed by atoms with Gasteiger partial charge in [-0.2, -0.15) is 0 Å². The van der Waals surface area contributed by atoms with Gasteiger partial charge in [-0.15, -0.1) is 0 Å². The first-order valence-corrected chi connectivity index (χ1v) is 6.10. The molecule has 0 saturated carbocycles. The fraction of sp³-hybridized carbons (Fsp3) is 0.571. The Hall–Kier alpha value is -0.960. The average molecular weight is 241 g/mol. The maximum atomic E-state index is 13.1. The smallest absolute Gasteiger partial charge is 0.159 e. The zero-order valence-corrected chi connectivity index (χ0v) is 10.9. The lowest BCUT2D eigenvalue weighted by molar-refractivity contribution is 0.371. The normalized spacial score (nSPS) is 15.0. The van der Waals surface area contributed by atoms with E-state index in [-0.39, 0.29) is 0 Å². The number of benzene rings is 1. The van der Waals surface area contributed by atoms with Crippen molar-refractivity contribution in [3.63, 3.8) is 0 Å². The lowest BCUT2D eigenvalue weighted by atomic mass is 9.94. The van der Waals surface area contributed by atoms with Gasteiger partial charge in [0.1, 0.15) is 0 Å². The van der Waals surface area contributed by atoms with E-state index in [2.05, 4.69) is 33.0 Å². The van der Waals surface area contributed by atoms with Crippen molar-refractivity contribution in [2.75, 3.05) is 0 Å². The van der Waals surface area contributed by atoms with E-state index < -0.39 is 11.6 Å². The number of hydrogen-bond acceptors (Lipinski definition) is 1. The number of nitrogens with one attached hydrogen (secondary N) is 1. The molecule has 0 aliphatic heterocycles. The van der Waals surface area contributed by atoms with Crippen LogP contribution in [0, 0.1) is 17.6 Å². The molecule has 0 bridgehead atoms. The quantitative estimate of drug-likeness (QED) is 0.831. The van der Waals surface area contributed by atoms with Crippen molar-refractivity contribution in [2.45, 2.75) is 46.2 Å². The highest BCUT2D eigenvalue weighted by atomic mass is 19.2. The van der Waals surface area contributed by atoms with Crippen LogP contribution in [0.3, 0.4) is 0 Å². The van der Waals surface area contributed by atoms with Gasteiger partial charge in [-0.1, -0.05) is 26.8 Å². The standard InChI is InChI=1S/C14H21F2N/c1-9(2)17-11(4)10(3)7-12-5-6-13(15)14(16)8-12/h5-6,8-11,17H,7H2,1-4H3. The predicted molar refractivity (Wildman–Crippen MR) is 67.0 cm³/mol. The third kappa shape index (κ3) is 4.43. The minimum Gasteiger partial charge on any atom is -0.312 e. The van der Waals surface area contributed by atoms with Crippen molar-refractivity contribution in [1.82, 2.24) is 5.32 Å². The summed E-state index contributed by atoms with van der Waals surface area (Å²) in [7, 11) is 0. The van der Waals surface area contributed by atoms with Crippen molar-refractivity contribution in [3.8, 4) is 0 Å². The Morgan fingerprint density at radius 1 is 1.06 bits per heavy atom. The summed E-state index contributed by atoms with van der Waals surface area (Å²) in [5.74, 6) is -1.17. The fourth-order valence-corrected chi connectivity index (χ4v) is 1.91. The van der Waals surface area contributed by atoms with Crippen LogP contribution in [-0.2, 0) is 6.42 Å². The molecule has 0 fully saturated rings. The van der Waals surface area contributed by atoms with Crippen LogP contribution in [0.15, 0.2) is 18.2 Å². The average Bonchev–Trinajstić information content (AvgIpc) is 2.22. The van der Waals surface area contributed by atoms with E-state index in [0.717, 1.165) is 12.0 Å².